The SMILES string of the molecule is NC1(Cc2ccc(Cl)cc2O)CC1. The first kappa shape index (κ1) is 8.85. The van der Waals surface area contributed by atoms with Crippen LogP contribution in [0.4, 0.5) is 0 Å². The van der Waals surface area contributed by atoms with Crippen molar-refractivity contribution in [1.82, 2.24) is 0 Å². The molecule has 1 aliphatic carbocycles. The standard InChI is InChI=1S/C10H12ClNO/c11-8-2-1-7(9(13)5-8)6-10(12)3-4-10/h1-2,5,13H,3-4,6,12H2. The van der Waals surface area contributed by atoms with Gasteiger partial charge >= 0.3 is 0 Å². The summed E-state index contributed by atoms with van der Waals surface area (Å²) in [6.45, 7) is 0. The first-order valence-electron chi connectivity index (χ1n) is 4.35. The van der Waals surface area contributed by atoms with E-state index in [1.807, 2.05) is 6.07 Å². The van der Waals surface area contributed by atoms with Crippen molar-refractivity contribution in [2.24, 2.45) is 5.73 Å². The Morgan fingerprint density at radius 1 is 1.46 bits per heavy atom. The quantitative estimate of drug-likeness (QED) is 0.763. The molecule has 1 saturated carbocycles. The van der Waals surface area contributed by atoms with Crippen LogP contribution in [0, 0.1) is 0 Å². The second-order valence-corrected chi connectivity index (χ2v) is 4.25. The molecule has 0 aliphatic heterocycles. The molecule has 13 heavy (non-hydrogen) atoms. The molecule has 0 bridgehead atoms. The summed E-state index contributed by atoms with van der Waals surface area (Å²) >= 11 is 5.71. The molecular weight excluding hydrogens is 186 g/mol. The molecule has 0 saturated heterocycles. The van der Waals surface area contributed by atoms with E-state index in [2.05, 4.69) is 0 Å². The average molecular weight is 198 g/mol. The van der Waals surface area contributed by atoms with Gasteiger partial charge in [-0.25, -0.2) is 0 Å². The van der Waals surface area contributed by atoms with E-state index in [0.717, 1.165) is 24.8 Å². The first-order valence-corrected chi connectivity index (χ1v) is 4.73. The van der Waals surface area contributed by atoms with Gasteiger partial charge in [0, 0.05) is 10.6 Å². The number of phenols is 1. The molecule has 0 amide bonds. The van der Waals surface area contributed by atoms with Crippen molar-refractivity contribution in [3.05, 3.63) is 28.8 Å². The molecule has 1 aromatic rings. The zero-order chi connectivity index (χ0) is 9.47. The highest BCUT2D eigenvalue weighted by atomic mass is 35.5. The Kier molecular flexibility index (Phi) is 1.97. The van der Waals surface area contributed by atoms with Crippen molar-refractivity contribution >= 4 is 11.6 Å². The van der Waals surface area contributed by atoms with Crippen molar-refractivity contribution in [2.75, 3.05) is 0 Å². The minimum atomic E-state index is -0.0642. The maximum atomic E-state index is 9.54. The van der Waals surface area contributed by atoms with E-state index < -0.39 is 0 Å². The van der Waals surface area contributed by atoms with E-state index in [0.29, 0.717) is 5.02 Å². The van der Waals surface area contributed by atoms with Gasteiger partial charge in [-0.2, -0.15) is 0 Å². The van der Waals surface area contributed by atoms with Gasteiger partial charge in [0.15, 0.2) is 0 Å². The predicted molar refractivity (Wildman–Crippen MR) is 53.0 cm³/mol. The van der Waals surface area contributed by atoms with Crippen molar-refractivity contribution in [3.8, 4) is 5.75 Å². The Morgan fingerprint density at radius 3 is 2.69 bits per heavy atom. The van der Waals surface area contributed by atoms with Crippen LogP contribution in [0.1, 0.15) is 18.4 Å². The van der Waals surface area contributed by atoms with Crippen LogP contribution < -0.4 is 5.73 Å². The first-order chi connectivity index (χ1) is 6.09. The van der Waals surface area contributed by atoms with E-state index in [-0.39, 0.29) is 11.3 Å². The van der Waals surface area contributed by atoms with Gasteiger partial charge in [-0.15, -0.1) is 0 Å². The number of hydrogen-bond donors (Lipinski definition) is 2. The highest BCUT2D eigenvalue weighted by Crippen LogP contribution is 2.37. The normalized spacial score (nSPS) is 18.6. The molecule has 0 aromatic heterocycles. The van der Waals surface area contributed by atoms with E-state index in [1.165, 1.54) is 0 Å². The smallest absolute Gasteiger partial charge is 0.120 e. The lowest BCUT2D eigenvalue weighted by molar-refractivity contribution is 0.463. The third-order valence-corrected chi connectivity index (χ3v) is 2.72. The summed E-state index contributed by atoms with van der Waals surface area (Å²) in [5, 5.41) is 10.1. The summed E-state index contributed by atoms with van der Waals surface area (Å²) in [7, 11) is 0. The zero-order valence-electron chi connectivity index (χ0n) is 7.26. The number of nitrogens with two attached hydrogens (primary N) is 1. The van der Waals surface area contributed by atoms with E-state index in [1.54, 1.807) is 12.1 Å². The molecule has 0 radical (unpaired) electrons. The molecule has 2 nitrogen and oxygen atoms in total. The highest BCUT2D eigenvalue weighted by Gasteiger charge is 2.38. The lowest BCUT2D eigenvalue weighted by Crippen LogP contribution is -2.24. The molecule has 3 N–H and O–H groups in total. The topological polar surface area (TPSA) is 46.2 Å². The molecule has 2 rings (SSSR count). The van der Waals surface area contributed by atoms with Crippen LogP contribution in [0.2, 0.25) is 5.02 Å². The second kappa shape index (κ2) is 2.89. The van der Waals surface area contributed by atoms with Gasteiger partial charge in [0.05, 0.1) is 0 Å². The number of phenolic OH excluding ortho intramolecular Hbond substituents is 1. The largest absolute Gasteiger partial charge is 0.508 e. The molecular formula is C10H12ClNO. The van der Waals surface area contributed by atoms with E-state index >= 15 is 0 Å². The molecule has 70 valence electrons. The monoisotopic (exact) mass is 197 g/mol. The Bertz CT molecular complexity index is 334. The maximum absolute atomic E-state index is 9.54. The van der Waals surface area contributed by atoms with Crippen LogP contribution in [0.5, 0.6) is 5.75 Å². The number of rotatable bonds is 2. The summed E-state index contributed by atoms with van der Waals surface area (Å²) in [6.07, 6.45) is 2.85. The average Bonchev–Trinajstić information content (AvgIpc) is 2.75. The van der Waals surface area contributed by atoms with E-state index in [9.17, 15) is 5.11 Å². The molecule has 1 fully saturated rings. The number of halogens is 1. The van der Waals surface area contributed by atoms with Gasteiger partial charge in [-0.1, -0.05) is 17.7 Å². The summed E-state index contributed by atoms with van der Waals surface area (Å²) in [6, 6.07) is 5.18. The number of benzene rings is 1. The maximum Gasteiger partial charge on any atom is 0.120 e. The van der Waals surface area contributed by atoms with E-state index in [4.69, 9.17) is 17.3 Å². The molecule has 1 aliphatic rings. The van der Waals surface area contributed by atoms with Crippen molar-refractivity contribution in [3.63, 3.8) is 0 Å². The lowest BCUT2D eigenvalue weighted by atomic mass is 10.0. The zero-order valence-corrected chi connectivity index (χ0v) is 8.01. The van der Waals surface area contributed by atoms with Crippen LogP contribution in [0.25, 0.3) is 0 Å². The molecule has 0 heterocycles. The highest BCUT2D eigenvalue weighted by molar-refractivity contribution is 6.30. The summed E-state index contributed by atoms with van der Waals surface area (Å²) in [5.41, 5.74) is 6.77. The van der Waals surface area contributed by atoms with Gasteiger partial charge in [-0.3, -0.25) is 0 Å². The molecule has 0 unspecified atom stereocenters. The lowest BCUT2D eigenvalue weighted by Gasteiger charge is -2.09. The fraction of sp³-hybridized carbons (Fsp3) is 0.400. The molecule has 3 heteroatoms. The minimum absolute atomic E-state index is 0.0642. The summed E-state index contributed by atoms with van der Waals surface area (Å²) < 4.78 is 0. The summed E-state index contributed by atoms with van der Waals surface area (Å²) in [5.74, 6) is 0.254. The van der Waals surface area contributed by atoms with Gasteiger partial charge in [0.25, 0.3) is 0 Å². The van der Waals surface area contributed by atoms with Crippen LogP contribution in [0.3, 0.4) is 0 Å². The second-order valence-electron chi connectivity index (χ2n) is 3.81. The predicted octanol–water partition coefficient (Wildman–Crippen LogP) is 2.08. The molecule has 1 aromatic carbocycles. The molecule has 0 spiro atoms. The van der Waals surface area contributed by atoms with Crippen molar-refractivity contribution in [1.29, 1.82) is 0 Å². The number of aromatic hydroxyl groups is 1. The van der Waals surface area contributed by atoms with Crippen LogP contribution >= 0.6 is 11.6 Å². The summed E-state index contributed by atoms with van der Waals surface area (Å²) in [4.78, 5) is 0. The third-order valence-electron chi connectivity index (χ3n) is 2.48. The fourth-order valence-corrected chi connectivity index (χ4v) is 1.57. The van der Waals surface area contributed by atoms with Crippen LogP contribution in [-0.4, -0.2) is 10.6 Å². The minimum Gasteiger partial charge on any atom is -0.508 e. The molecule has 0 atom stereocenters. The Labute approximate surface area is 82.3 Å². The van der Waals surface area contributed by atoms with Crippen LogP contribution in [0.15, 0.2) is 18.2 Å². The number of hydrogen-bond acceptors (Lipinski definition) is 2. The van der Waals surface area contributed by atoms with Gasteiger partial charge in [0.2, 0.25) is 0 Å². The van der Waals surface area contributed by atoms with Crippen molar-refractivity contribution in [2.45, 2.75) is 24.8 Å². The third kappa shape index (κ3) is 1.95. The Balaban J connectivity index is 2.20. The van der Waals surface area contributed by atoms with Gasteiger partial charge in [-0.05, 0) is 37.0 Å². The van der Waals surface area contributed by atoms with Crippen molar-refractivity contribution < 1.29 is 5.11 Å². The Hall–Kier alpha value is -0.730. The van der Waals surface area contributed by atoms with Crippen LogP contribution in [-0.2, 0) is 6.42 Å². The van der Waals surface area contributed by atoms with Gasteiger partial charge < -0.3 is 10.8 Å². The van der Waals surface area contributed by atoms with Gasteiger partial charge in [0.1, 0.15) is 5.75 Å². The fourth-order valence-electron chi connectivity index (χ4n) is 1.40. The Morgan fingerprint density at radius 2 is 2.15 bits per heavy atom.